The molecule has 9 nitrogen and oxygen atoms in total. The summed E-state index contributed by atoms with van der Waals surface area (Å²) in [4.78, 5) is 24.2. The lowest BCUT2D eigenvalue weighted by atomic mass is 10.1. The number of fused-ring (bicyclic) bond motifs is 1. The summed E-state index contributed by atoms with van der Waals surface area (Å²) in [5.74, 6) is -0.0874. The minimum atomic E-state index is -0.429. The van der Waals surface area contributed by atoms with Crippen LogP contribution in [0.25, 0.3) is 22.2 Å². The second kappa shape index (κ2) is 9.95. The molecule has 2 aromatic carbocycles. The molecule has 0 amide bonds. The lowest BCUT2D eigenvalue weighted by Gasteiger charge is -2.22. The molecule has 0 atom stereocenters. The van der Waals surface area contributed by atoms with E-state index >= 15 is 0 Å². The molecule has 5 rings (SSSR count). The number of nitrogens with zero attached hydrogens (tertiary/aromatic N) is 6. The minimum Gasteiger partial charge on any atom is -0.368 e. The number of hydrogen-bond acceptors (Lipinski definition) is 7. The van der Waals surface area contributed by atoms with Crippen molar-refractivity contribution in [1.82, 2.24) is 19.4 Å². The Labute approximate surface area is 218 Å². The van der Waals surface area contributed by atoms with Gasteiger partial charge in [0, 0.05) is 61.1 Å². The Morgan fingerprint density at radius 3 is 2.68 bits per heavy atom. The molecule has 1 aliphatic carbocycles. The number of benzene rings is 2. The first kappa shape index (κ1) is 24.9. The number of nitro benzene ring substituents is 1. The monoisotopic (exact) mass is 523 g/mol. The Bertz CT molecular complexity index is 1490. The van der Waals surface area contributed by atoms with Gasteiger partial charge in [-0.2, -0.15) is 0 Å². The van der Waals surface area contributed by atoms with Crippen molar-refractivity contribution in [2.75, 3.05) is 44.4 Å². The van der Waals surface area contributed by atoms with Gasteiger partial charge in [0.25, 0.3) is 5.69 Å². The van der Waals surface area contributed by atoms with Crippen LogP contribution >= 0.6 is 11.6 Å². The Morgan fingerprint density at radius 2 is 1.97 bits per heavy atom. The molecule has 1 aliphatic rings. The number of nitrogens with one attached hydrogen (secondary N) is 1. The summed E-state index contributed by atoms with van der Waals surface area (Å²) in [6.45, 7) is 1.32. The zero-order valence-corrected chi connectivity index (χ0v) is 21.5. The Balaban J connectivity index is 1.48. The molecule has 0 saturated heterocycles. The molecular weight excluding hydrogens is 497 g/mol. The number of nitro groups is 1. The van der Waals surface area contributed by atoms with Crippen molar-refractivity contribution in [3.05, 3.63) is 69.7 Å². The third-order valence-electron chi connectivity index (χ3n) is 6.47. The van der Waals surface area contributed by atoms with Crippen LogP contribution in [-0.2, 0) is 0 Å². The van der Waals surface area contributed by atoms with Gasteiger partial charge in [0.1, 0.15) is 11.5 Å². The van der Waals surface area contributed by atoms with E-state index in [-0.39, 0.29) is 17.5 Å². The topological polar surface area (TPSA) is 92.4 Å². The third kappa shape index (κ3) is 5.21. The summed E-state index contributed by atoms with van der Waals surface area (Å²) in [5, 5.41) is 16.0. The van der Waals surface area contributed by atoms with Crippen LogP contribution < -0.4 is 10.2 Å². The van der Waals surface area contributed by atoms with Gasteiger partial charge in [-0.25, -0.2) is 14.4 Å². The van der Waals surface area contributed by atoms with Crippen LogP contribution in [-0.4, -0.2) is 58.6 Å². The number of anilines is 3. The summed E-state index contributed by atoms with van der Waals surface area (Å²) in [6, 6.07) is 9.92. The molecule has 2 heterocycles. The summed E-state index contributed by atoms with van der Waals surface area (Å²) < 4.78 is 16.3. The molecule has 1 N–H and O–H groups in total. The predicted octanol–water partition coefficient (Wildman–Crippen LogP) is 5.88. The van der Waals surface area contributed by atoms with Gasteiger partial charge in [0.05, 0.1) is 21.3 Å². The molecule has 0 radical (unpaired) electrons. The van der Waals surface area contributed by atoms with Crippen LogP contribution in [0, 0.1) is 15.9 Å². The maximum absolute atomic E-state index is 14.1. The van der Waals surface area contributed by atoms with Crippen molar-refractivity contribution in [2.24, 2.45) is 0 Å². The van der Waals surface area contributed by atoms with Crippen molar-refractivity contribution < 1.29 is 9.31 Å². The van der Waals surface area contributed by atoms with Crippen LogP contribution in [0.3, 0.4) is 0 Å². The van der Waals surface area contributed by atoms with E-state index in [2.05, 4.69) is 19.9 Å². The van der Waals surface area contributed by atoms with Gasteiger partial charge in [0.15, 0.2) is 0 Å². The van der Waals surface area contributed by atoms with E-state index in [4.69, 9.17) is 11.6 Å². The Morgan fingerprint density at radius 1 is 1.19 bits per heavy atom. The molecule has 0 aliphatic heterocycles. The number of halogens is 2. The maximum Gasteiger partial charge on any atom is 0.294 e. The molecule has 0 unspecified atom stereocenters. The van der Waals surface area contributed by atoms with E-state index in [0.717, 1.165) is 35.9 Å². The highest BCUT2D eigenvalue weighted by molar-refractivity contribution is 6.33. The van der Waals surface area contributed by atoms with Gasteiger partial charge < -0.3 is 19.7 Å². The second-order valence-corrected chi connectivity index (χ2v) is 9.94. The Hall–Kier alpha value is -3.76. The molecule has 1 fully saturated rings. The van der Waals surface area contributed by atoms with E-state index in [1.807, 2.05) is 25.2 Å². The smallest absolute Gasteiger partial charge is 0.294 e. The highest BCUT2D eigenvalue weighted by atomic mass is 35.5. The van der Waals surface area contributed by atoms with E-state index in [0.29, 0.717) is 34.7 Å². The van der Waals surface area contributed by atoms with E-state index in [9.17, 15) is 14.5 Å². The third-order valence-corrected chi connectivity index (χ3v) is 6.78. The molecule has 0 bridgehead atoms. The number of likely N-dealkylation sites (N-methyl/N-ethyl adjacent to an activating group) is 2. The molecule has 37 heavy (non-hydrogen) atoms. The summed E-state index contributed by atoms with van der Waals surface area (Å²) in [7, 11) is 5.68. The van der Waals surface area contributed by atoms with Gasteiger partial charge in [-0.15, -0.1) is 0 Å². The quantitative estimate of drug-likeness (QED) is 0.216. The molecule has 4 aromatic rings. The summed E-state index contributed by atoms with van der Waals surface area (Å²) in [5.41, 5.74) is 3.03. The zero-order valence-electron chi connectivity index (χ0n) is 20.8. The fourth-order valence-electron chi connectivity index (χ4n) is 4.35. The minimum absolute atomic E-state index is 0.0766. The predicted molar refractivity (Wildman–Crippen MR) is 144 cm³/mol. The highest BCUT2D eigenvalue weighted by Crippen LogP contribution is 2.42. The number of aromatic nitrogens is 3. The van der Waals surface area contributed by atoms with Crippen LogP contribution in [0.15, 0.2) is 48.8 Å². The second-order valence-electron chi connectivity index (χ2n) is 9.54. The Kier molecular flexibility index (Phi) is 6.70. The molecular formula is C26H27ClFN7O2. The first-order valence-corrected chi connectivity index (χ1v) is 12.3. The van der Waals surface area contributed by atoms with Gasteiger partial charge in [-0.3, -0.25) is 10.1 Å². The van der Waals surface area contributed by atoms with Crippen molar-refractivity contribution in [1.29, 1.82) is 0 Å². The van der Waals surface area contributed by atoms with Gasteiger partial charge >= 0.3 is 0 Å². The van der Waals surface area contributed by atoms with Crippen molar-refractivity contribution in [3.8, 4) is 11.3 Å². The van der Waals surface area contributed by atoms with Crippen molar-refractivity contribution in [2.45, 2.75) is 18.9 Å². The average molecular weight is 524 g/mol. The molecule has 192 valence electrons. The lowest BCUT2D eigenvalue weighted by molar-refractivity contribution is -0.384. The van der Waals surface area contributed by atoms with E-state index in [1.165, 1.54) is 18.2 Å². The lowest BCUT2D eigenvalue weighted by Crippen LogP contribution is -2.28. The van der Waals surface area contributed by atoms with E-state index < -0.39 is 4.92 Å². The van der Waals surface area contributed by atoms with Gasteiger partial charge in [0.2, 0.25) is 5.95 Å². The average Bonchev–Trinajstić information content (AvgIpc) is 3.64. The van der Waals surface area contributed by atoms with E-state index in [1.54, 1.807) is 36.3 Å². The van der Waals surface area contributed by atoms with Gasteiger partial charge in [-0.1, -0.05) is 11.6 Å². The maximum atomic E-state index is 14.1. The fourth-order valence-corrected chi connectivity index (χ4v) is 4.55. The molecule has 1 saturated carbocycles. The zero-order chi connectivity index (χ0) is 26.3. The largest absolute Gasteiger partial charge is 0.368 e. The van der Waals surface area contributed by atoms with Crippen LogP contribution in [0.1, 0.15) is 18.9 Å². The van der Waals surface area contributed by atoms with Gasteiger partial charge in [-0.05, 0) is 57.3 Å². The SMILES string of the molecule is CN(C)CCN(C)c1cc(Cl)c(Nc2nccc(-c3cn(C4CC4)c4ccc(F)cc34)n2)cc1[N+](=O)[O-]. The summed E-state index contributed by atoms with van der Waals surface area (Å²) >= 11 is 6.54. The van der Waals surface area contributed by atoms with Crippen molar-refractivity contribution in [3.63, 3.8) is 0 Å². The van der Waals surface area contributed by atoms with Crippen LogP contribution in [0.5, 0.6) is 0 Å². The molecule has 2 aromatic heterocycles. The number of hydrogen-bond donors (Lipinski definition) is 1. The number of rotatable bonds is 9. The highest BCUT2D eigenvalue weighted by Gasteiger charge is 2.27. The van der Waals surface area contributed by atoms with Crippen molar-refractivity contribution >= 4 is 45.5 Å². The molecule has 11 heteroatoms. The first-order chi connectivity index (χ1) is 17.7. The standard InChI is InChI=1S/C26H27ClFN7O2/c1-32(2)10-11-33(3)24-13-20(27)22(14-25(24)35(36)37)31-26-29-9-8-21(30-26)19-15-34(17-5-6-17)23-7-4-16(28)12-18(19)23/h4,7-9,12-15,17H,5-6,10-11H2,1-3H3,(H,29,30,31). The fraction of sp³-hybridized carbons (Fsp3) is 0.308. The van der Waals surface area contributed by atoms with Crippen LogP contribution in [0.4, 0.5) is 27.4 Å². The first-order valence-electron chi connectivity index (χ1n) is 12.0. The van der Waals surface area contributed by atoms with Crippen LogP contribution in [0.2, 0.25) is 5.02 Å². The normalized spacial score (nSPS) is 13.4. The summed E-state index contributed by atoms with van der Waals surface area (Å²) in [6.07, 6.45) is 5.78. The molecule has 0 spiro atoms.